The fourth-order valence-corrected chi connectivity index (χ4v) is 2.22. The smallest absolute Gasteiger partial charge is 0.123 e. The van der Waals surface area contributed by atoms with Crippen molar-refractivity contribution in [2.75, 3.05) is 6.54 Å². The quantitative estimate of drug-likeness (QED) is 0.623. The molecule has 0 spiro atoms. The summed E-state index contributed by atoms with van der Waals surface area (Å²) in [5.41, 5.74) is 2.74. The van der Waals surface area contributed by atoms with Gasteiger partial charge < -0.3 is 5.32 Å². The molecule has 0 aromatic heterocycles. The van der Waals surface area contributed by atoms with Crippen LogP contribution in [0, 0.1) is 5.82 Å². The number of allylic oxidation sites excluding steroid dienone is 1. The van der Waals surface area contributed by atoms with Crippen molar-refractivity contribution >= 4 is 12.4 Å². The molecule has 1 aromatic carbocycles. The normalized spacial score (nSPS) is 14.8. The molecule has 0 saturated heterocycles. The molecule has 0 unspecified atom stereocenters. The fraction of sp³-hybridized carbons (Fsp3) is 0.467. The highest BCUT2D eigenvalue weighted by atomic mass is 35.5. The monoisotopic (exact) mass is 269 g/mol. The highest BCUT2D eigenvalue weighted by Crippen LogP contribution is 2.19. The lowest BCUT2D eigenvalue weighted by molar-refractivity contribution is 0.621. The molecule has 2 rings (SSSR count). The summed E-state index contributed by atoms with van der Waals surface area (Å²) in [6.07, 6.45) is 8.78. The first-order chi connectivity index (χ1) is 8.34. The number of nitrogens with one attached hydrogen (secondary N) is 1. The first-order valence-electron chi connectivity index (χ1n) is 6.48. The molecule has 0 atom stereocenters. The van der Waals surface area contributed by atoms with Crippen LogP contribution in [0.4, 0.5) is 4.39 Å². The second kappa shape index (κ2) is 8.28. The van der Waals surface area contributed by atoms with E-state index in [9.17, 15) is 4.39 Å². The van der Waals surface area contributed by atoms with Gasteiger partial charge >= 0.3 is 0 Å². The van der Waals surface area contributed by atoms with Crippen molar-refractivity contribution in [2.24, 2.45) is 0 Å². The summed E-state index contributed by atoms with van der Waals surface area (Å²) in [5.74, 6) is -0.166. The predicted octanol–water partition coefficient (Wildman–Crippen LogP) is 4.23. The first kappa shape index (κ1) is 15.2. The van der Waals surface area contributed by atoms with Crippen LogP contribution in [-0.2, 0) is 6.54 Å². The minimum absolute atomic E-state index is 0. The molecule has 1 aliphatic carbocycles. The Labute approximate surface area is 115 Å². The van der Waals surface area contributed by atoms with E-state index in [1.807, 2.05) is 12.1 Å². The van der Waals surface area contributed by atoms with E-state index in [1.54, 1.807) is 5.57 Å². The summed E-state index contributed by atoms with van der Waals surface area (Å²) in [6, 6.07) is 6.70. The van der Waals surface area contributed by atoms with Gasteiger partial charge in [-0.2, -0.15) is 0 Å². The molecule has 0 aliphatic heterocycles. The molecule has 0 amide bonds. The zero-order chi connectivity index (χ0) is 11.9. The van der Waals surface area contributed by atoms with Crippen molar-refractivity contribution in [1.82, 2.24) is 5.32 Å². The predicted molar refractivity (Wildman–Crippen MR) is 76.5 cm³/mol. The summed E-state index contributed by atoms with van der Waals surface area (Å²) in [6.45, 7) is 1.84. The van der Waals surface area contributed by atoms with Gasteiger partial charge in [0.15, 0.2) is 0 Å². The number of benzene rings is 1. The minimum atomic E-state index is -0.166. The van der Waals surface area contributed by atoms with Gasteiger partial charge in [0, 0.05) is 6.54 Å². The highest BCUT2D eigenvalue weighted by molar-refractivity contribution is 5.85. The second-order valence-corrected chi connectivity index (χ2v) is 4.66. The van der Waals surface area contributed by atoms with E-state index in [1.165, 1.54) is 37.8 Å². The van der Waals surface area contributed by atoms with Gasteiger partial charge in [-0.3, -0.25) is 0 Å². The maximum Gasteiger partial charge on any atom is 0.123 e. The summed E-state index contributed by atoms with van der Waals surface area (Å²) >= 11 is 0. The van der Waals surface area contributed by atoms with Gasteiger partial charge in [-0.05, 0) is 56.3 Å². The van der Waals surface area contributed by atoms with Crippen molar-refractivity contribution in [3.8, 4) is 0 Å². The van der Waals surface area contributed by atoms with Gasteiger partial charge in [0.25, 0.3) is 0 Å². The molecular weight excluding hydrogens is 249 g/mol. The summed E-state index contributed by atoms with van der Waals surface area (Å²) < 4.78 is 12.7. The average Bonchev–Trinajstić information content (AvgIpc) is 2.38. The van der Waals surface area contributed by atoms with E-state index in [0.29, 0.717) is 0 Å². The van der Waals surface area contributed by atoms with Crippen molar-refractivity contribution in [2.45, 2.75) is 38.6 Å². The lowest BCUT2D eigenvalue weighted by atomic mass is 9.97. The Morgan fingerprint density at radius 2 is 1.89 bits per heavy atom. The maximum absolute atomic E-state index is 12.7. The first-order valence-corrected chi connectivity index (χ1v) is 6.48. The topological polar surface area (TPSA) is 12.0 Å². The second-order valence-electron chi connectivity index (χ2n) is 4.66. The number of halogens is 2. The van der Waals surface area contributed by atoms with Crippen LogP contribution in [0.25, 0.3) is 0 Å². The van der Waals surface area contributed by atoms with Crippen LogP contribution in [0.15, 0.2) is 35.9 Å². The van der Waals surface area contributed by atoms with E-state index in [-0.39, 0.29) is 18.2 Å². The molecule has 0 radical (unpaired) electrons. The van der Waals surface area contributed by atoms with Crippen LogP contribution in [-0.4, -0.2) is 6.54 Å². The Morgan fingerprint density at radius 3 is 2.56 bits per heavy atom. The molecule has 3 heteroatoms. The number of hydrogen-bond donors (Lipinski definition) is 1. The third-order valence-corrected chi connectivity index (χ3v) is 3.25. The Morgan fingerprint density at radius 1 is 1.11 bits per heavy atom. The number of rotatable bonds is 5. The van der Waals surface area contributed by atoms with Crippen LogP contribution in [0.1, 0.15) is 37.7 Å². The van der Waals surface area contributed by atoms with E-state index >= 15 is 0 Å². The third-order valence-electron chi connectivity index (χ3n) is 3.25. The fourth-order valence-electron chi connectivity index (χ4n) is 2.22. The molecular formula is C15H21ClFN. The molecule has 100 valence electrons. The molecule has 18 heavy (non-hydrogen) atoms. The summed E-state index contributed by atoms with van der Waals surface area (Å²) in [7, 11) is 0. The van der Waals surface area contributed by atoms with Crippen LogP contribution < -0.4 is 5.32 Å². The Bertz CT molecular complexity index is 373. The van der Waals surface area contributed by atoms with Gasteiger partial charge in [0.05, 0.1) is 0 Å². The van der Waals surface area contributed by atoms with Gasteiger partial charge in [0.2, 0.25) is 0 Å². The van der Waals surface area contributed by atoms with Crippen LogP contribution in [0.3, 0.4) is 0 Å². The molecule has 1 N–H and O–H groups in total. The zero-order valence-electron chi connectivity index (χ0n) is 10.6. The summed E-state index contributed by atoms with van der Waals surface area (Å²) in [5, 5.41) is 3.41. The van der Waals surface area contributed by atoms with Gasteiger partial charge in [0.1, 0.15) is 5.82 Å². The van der Waals surface area contributed by atoms with Crippen molar-refractivity contribution < 1.29 is 4.39 Å². The molecule has 0 heterocycles. The summed E-state index contributed by atoms with van der Waals surface area (Å²) in [4.78, 5) is 0. The van der Waals surface area contributed by atoms with Gasteiger partial charge in [-0.15, -0.1) is 12.4 Å². The largest absolute Gasteiger partial charge is 0.312 e. The SMILES string of the molecule is Cl.Fc1ccc(CNCCC2=CCCCC2)cc1. The molecule has 0 bridgehead atoms. The molecule has 1 aromatic rings. The Kier molecular flexibility index (Phi) is 6.99. The molecule has 1 aliphatic rings. The Balaban J connectivity index is 0.00000162. The van der Waals surface area contributed by atoms with Gasteiger partial charge in [-0.1, -0.05) is 23.8 Å². The van der Waals surface area contributed by atoms with Crippen LogP contribution in [0.2, 0.25) is 0 Å². The highest BCUT2D eigenvalue weighted by Gasteiger charge is 2.02. The van der Waals surface area contributed by atoms with Crippen LogP contribution in [0.5, 0.6) is 0 Å². The lowest BCUT2D eigenvalue weighted by Gasteiger charge is -2.12. The number of hydrogen-bond acceptors (Lipinski definition) is 1. The maximum atomic E-state index is 12.7. The minimum Gasteiger partial charge on any atom is -0.312 e. The standard InChI is InChI=1S/C15H20FN.ClH/c16-15-8-6-14(7-9-15)12-17-11-10-13-4-2-1-3-5-13;/h4,6-9,17H,1-3,5,10-12H2;1H. The molecule has 1 nitrogen and oxygen atoms in total. The van der Waals surface area contributed by atoms with E-state index in [2.05, 4.69) is 11.4 Å². The average molecular weight is 270 g/mol. The van der Waals surface area contributed by atoms with Crippen molar-refractivity contribution in [1.29, 1.82) is 0 Å². The van der Waals surface area contributed by atoms with Crippen molar-refractivity contribution in [3.63, 3.8) is 0 Å². The van der Waals surface area contributed by atoms with Crippen molar-refractivity contribution in [3.05, 3.63) is 47.3 Å². The van der Waals surface area contributed by atoms with Crippen LogP contribution >= 0.6 is 12.4 Å². The lowest BCUT2D eigenvalue weighted by Crippen LogP contribution is -2.15. The van der Waals surface area contributed by atoms with E-state index in [4.69, 9.17) is 0 Å². The Hall–Kier alpha value is -0.860. The van der Waals surface area contributed by atoms with E-state index in [0.717, 1.165) is 25.1 Å². The molecule has 0 fully saturated rings. The van der Waals surface area contributed by atoms with E-state index < -0.39 is 0 Å². The van der Waals surface area contributed by atoms with Gasteiger partial charge in [-0.25, -0.2) is 4.39 Å². The zero-order valence-corrected chi connectivity index (χ0v) is 11.4. The molecule has 0 saturated carbocycles. The third kappa shape index (κ3) is 5.19.